The molecule has 0 aliphatic carbocycles. The van der Waals surface area contributed by atoms with Gasteiger partial charge in [-0.1, -0.05) is 6.07 Å². The minimum absolute atomic E-state index is 0.103. The van der Waals surface area contributed by atoms with Crippen molar-refractivity contribution in [2.45, 2.75) is 13.5 Å². The van der Waals surface area contributed by atoms with Gasteiger partial charge in [-0.3, -0.25) is 4.79 Å². The predicted octanol–water partition coefficient (Wildman–Crippen LogP) is 0.759. The van der Waals surface area contributed by atoms with Crippen LogP contribution >= 0.6 is 0 Å². The lowest BCUT2D eigenvalue weighted by Gasteiger charge is -2.02. The van der Waals surface area contributed by atoms with E-state index in [1.54, 1.807) is 12.3 Å². The van der Waals surface area contributed by atoms with Gasteiger partial charge in [0.1, 0.15) is 5.82 Å². The van der Waals surface area contributed by atoms with Gasteiger partial charge in [0.05, 0.1) is 0 Å². The summed E-state index contributed by atoms with van der Waals surface area (Å²) in [5.41, 5.74) is 1.09. The van der Waals surface area contributed by atoms with Gasteiger partial charge in [0.15, 0.2) is 0 Å². The molecule has 1 heterocycles. The van der Waals surface area contributed by atoms with E-state index in [1.165, 1.54) is 6.92 Å². The third-order valence-corrected chi connectivity index (χ3v) is 1.51. The van der Waals surface area contributed by atoms with Crippen LogP contribution in [0, 0.1) is 0 Å². The lowest BCUT2D eigenvalue weighted by molar-refractivity contribution is -0.114. The Labute approximate surface area is 77.4 Å². The van der Waals surface area contributed by atoms with Gasteiger partial charge in [-0.2, -0.15) is 0 Å². The van der Waals surface area contributed by atoms with Crippen molar-refractivity contribution < 1.29 is 4.79 Å². The number of carbonyl (C=O) groups excluding carboxylic acids is 1. The number of hydrogen-bond donors (Lipinski definition) is 2. The molecule has 1 amide bonds. The largest absolute Gasteiger partial charge is 0.316 e. The molecule has 1 aromatic rings. The van der Waals surface area contributed by atoms with E-state index in [-0.39, 0.29) is 5.91 Å². The summed E-state index contributed by atoms with van der Waals surface area (Å²) in [6, 6.07) is 3.71. The van der Waals surface area contributed by atoms with Crippen LogP contribution in [0.2, 0.25) is 0 Å². The van der Waals surface area contributed by atoms with Crippen molar-refractivity contribution in [3.63, 3.8) is 0 Å². The standard InChI is InChI=1S/C9H13N3O/c1-7(13)12-9-4-3-8(5-10-2)6-11-9/h3-4,6,10H,5H2,1-2H3,(H,11,12,13). The first-order valence-corrected chi connectivity index (χ1v) is 4.09. The molecular weight excluding hydrogens is 166 g/mol. The molecule has 0 aromatic carbocycles. The van der Waals surface area contributed by atoms with E-state index in [4.69, 9.17) is 0 Å². The first-order valence-electron chi connectivity index (χ1n) is 4.09. The lowest BCUT2D eigenvalue weighted by atomic mass is 10.3. The number of carbonyl (C=O) groups is 1. The first kappa shape index (κ1) is 9.67. The van der Waals surface area contributed by atoms with Gasteiger partial charge in [-0.05, 0) is 18.7 Å². The molecule has 4 heteroatoms. The minimum Gasteiger partial charge on any atom is -0.316 e. The van der Waals surface area contributed by atoms with Gasteiger partial charge in [-0.25, -0.2) is 4.98 Å². The quantitative estimate of drug-likeness (QED) is 0.720. The topological polar surface area (TPSA) is 54.0 Å². The zero-order chi connectivity index (χ0) is 9.68. The molecular formula is C9H13N3O. The Balaban J connectivity index is 2.64. The molecule has 0 atom stereocenters. The van der Waals surface area contributed by atoms with E-state index in [1.807, 2.05) is 13.1 Å². The Kier molecular flexibility index (Phi) is 3.40. The average Bonchev–Trinajstić information content (AvgIpc) is 2.08. The van der Waals surface area contributed by atoms with Crippen LogP contribution in [-0.4, -0.2) is 17.9 Å². The highest BCUT2D eigenvalue weighted by atomic mass is 16.1. The van der Waals surface area contributed by atoms with E-state index in [0.29, 0.717) is 5.82 Å². The fraction of sp³-hybridized carbons (Fsp3) is 0.333. The van der Waals surface area contributed by atoms with Crippen LogP contribution in [0.25, 0.3) is 0 Å². The zero-order valence-corrected chi connectivity index (χ0v) is 7.79. The van der Waals surface area contributed by atoms with E-state index in [0.717, 1.165) is 12.1 Å². The smallest absolute Gasteiger partial charge is 0.222 e. The van der Waals surface area contributed by atoms with Gasteiger partial charge < -0.3 is 10.6 Å². The second-order valence-electron chi connectivity index (χ2n) is 2.76. The van der Waals surface area contributed by atoms with E-state index in [9.17, 15) is 4.79 Å². The molecule has 70 valence electrons. The summed E-state index contributed by atoms with van der Waals surface area (Å²) in [7, 11) is 1.88. The van der Waals surface area contributed by atoms with Gasteiger partial charge >= 0.3 is 0 Å². The molecule has 1 rings (SSSR count). The number of pyridine rings is 1. The third kappa shape index (κ3) is 3.21. The van der Waals surface area contributed by atoms with Crippen LogP contribution in [0.1, 0.15) is 12.5 Å². The van der Waals surface area contributed by atoms with Crippen molar-refractivity contribution in [2.75, 3.05) is 12.4 Å². The molecule has 1 aromatic heterocycles. The highest BCUT2D eigenvalue weighted by Gasteiger charge is 1.96. The third-order valence-electron chi connectivity index (χ3n) is 1.51. The number of rotatable bonds is 3. The maximum atomic E-state index is 10.7. The number of aromatic nitrogens is 1. The van der Waals surface area contributed by atoms with Gasteiger partial charge in [0.25, 0.3) is 0 Å². The summed E-state index contributed by atoms with van der Waals surface area (Å²) in [6.45, 7) is 2.25. The minimum atomic E-state index is -0.103. The van der Waals surface area contributed by atoms with E-state index < -0.39 is 0 Å². The summed E-state index contributed by atoms with van der Waals surface area (Å²) >= 11 is 0. The van der Waals surface area contributed by atoms with Crippen LogP contribution in [-0.2, 0) is 11.3 Å². The fourth-order valence-corrected chi connectivity index (χ4v) is 0.987. The monoisotopic (exact) mass is 179 g/mol. The van der Waals surface area contributed by atoms with Gasteiger partial charge in [-0.15, -0.1) is 0 Å². The van der Waals surface area contributed by atoms with Crippen LogP contribution in [0.15, 0.2) is 18.3 Å². The summed E-state index contributed by atoms with van der Waals surface area (Å²) in [5.74, 6) is 0.487. The zero-order valence-electron chi connectivity index (χ0n) is 7.79. The van der Waals surface area contributed by atoms with Crippen LogP contribution in [0.5, 0.6) is 0 Å². The van der Waals surface area contributed by atoms with E-state index >= 15 is 0 Å². The van der Waals surface area contributed by atoms with Gasteiger partial charge in [0.2, 0.25) is 5.91 Å². The Morgan fingerprint density at radius 1 is 1.54 bits per heavy atom. The van der Waals surface area contributed by atoms with Crippen molar-refractivity contribution in [1.82, 2.24) is 10.3 Å². The van der Waals surface area contributed by atoms with Crippen molar-refractivity contribution in [3.8, 4) is 0 Å². The number of anilines is 1. The Hall–Kier alpha value is -1.42. The van der Waals surface area contributed by atoms with Crippen molar-refractivity contribution >= 4 is 11.7 Å². The first-order chi connectivity index (χ1) is 6.22. The summed E-state index contributed by atoms with van der Waals surface area (Å²) < 4.78 is 0. The summed E-state index contributed by atoms with van der Waals surface area (Å²) in [4.78, 5) is 14.7. The molecule has 4 nitrogen and oxygen atoms in total. The molecule has 0 saturated heterocycles. The Bertz CT molecular complexity index is 281. The number of nitrogens with zero attached hydrogens (tertiary/aromatic N) is 1. The molecule has 0 spiro atoms. The average molecular weight is 179 g/mol. The maximum Gasteiger partial charge on any atom is 0.222 e. The molecule has 0 radical (unpaired) electrons. The maximum absolute atomic E-state index is 10.7. The summed E-state index contributed by atoms with van der Waals surface area (Å²) in [6.07, 6.45) is 1.74. The van der Waals surface area contributed by atoms with Gasteiger partial charge in [0, 0.05) is 19.7 Å². The molecule has 0 unspecified atom stereocenters. The summed E-state index contributed by atoms with van der Waals surface area (Å²) in [5, 5.41) is 5.62. The highest BCUT2D eigenvalue weighted by Crippen LogP contribution is 2.04. The van der Waals surface area contributed by atoms with Crippen molar-refractivity contribution in [3.05, 3.63) is 23.9 Å². The van der Waals surface area contributed by atoms with E-state index in [2.05, 4.69) is 15.6 Å². The lowest BCUT2D eigenvalue weighted by Crippen LogP contribution is -2.09. The second kappa shape index (κ2) is 4.57. The molecule has 0 bridgehead atoms. The molecule has 0 aliphatic rings. The predicted molar refractivity (Wildman–Crippen MR) is 51.3 cm³/mol. The molecule has 2 N–H and O–H groups in total. The van der Waals surface area contributed by atoms with Crippen LogP contribution in [0.4, 0.5) is 5.82 Å². The molecule has 0 aliphatic heterocycles. The Morgan fingerprint density at radius 2 is 2.31 bits per heavy atom. The normalized spacial score (nSPS) is 9.69. The Morgan fingerprint density at radius 3 is 2.77 bits per heavy atom. The van der Waals surface area contributed by atoms with Crippen LogP contribution in [0.3, 0.4) is 0 Å². The molecule has 13 heavy (non-hydrogen) atoms. The number of nitrogens with one attached hydrogen (secondary N) is 2. The highest BCUT2D eigenvalue weighted by molar-refractivity contribution is 5.87. The SMILES string of the molecule is CNCc1ccc(NC(C)=O)nc1. The van der Waals surface area contributed by atoms with Crippen molar-refractivity contribution in [2.24, 2.45) is 0 Å². The second-order valence-corrected chi connectivity index (χ2v) is 2.76. The molecule has 0 saturated carbocycles. The van der Waals surface area contributed by atoms with Crippen LogP contribution < -0.4 is 10.6 Å². The molecule has 0 fully saturated rings. The fourth-order valence-electron chi connectivity index (χ4n) is 0.987. The number of hydrogen-bond acceptors (Lipinski definition) is 3. The number of amides is 1. The van der Waals surface area contributed by atoms with Crippen molar-refractivity contribution in [1.29, 1.82) is 0 Å².